The molecule has 1 N–H and O–H groups in total. The molecule has 108 valence electrons. The van der Waals surface area contributed by atoms with E-state index in [0.717, 1.165) is 12.8 Å². The normalized spacial score (nSPS) is 29.6. The van der Waals surface area contributed by atoms with Gasteiger partial charge >= 0.3 is 12.1 Å². The highest BCUT2D eigenvalue weighted by atomic mass is 16.6. The van der Waals surface area contributed by atoms with Gasteiger partial charge in [-0.15, -0.1) is 0 Å². The quantitative estimate of drug-likeness (QED) is 0.795. The van der Waals surface area contributed by atoms with Crippen LogP contribution in [0.2, 0.25) is 0 Å². The Balaban J connectivity index is 1.99. The lowest BCUT2D eigenvalue weighted by molar-refractivity contribution is -0.147. The second-order valence-electron chi connectivity index (χ2n) is 6.47. The van der Waals surface area contributed by atoms with Crippen molar-refractivity contribution in [3.63, 3.8) is 0 Å². The summed E-state index contributed by atoms with van der Waals surface area (Å²) in [6.07, 6.45) is 2.42. The number of rotatable bonds is 4. The molecule has 2 rings (SSSR count). The van der Waals surface area contributed by atoms with Gasteiger partial charge in [0.2, 0.25) is 0 Å². The smallest absolute Gasteiger partial charge is 0.408 e. The van der Waals surface area contributed by atoms with E-state index < -0.39 is 17.2 Å². The molecule has 0 bridgehead atoms. The number of hydrogen-bond acceptors (Lipinski definition) is 4. The number of carbonyl (C=O) groups is 2. The average Bonchev–Trinajstić information content (AvgIpc) is 3.07. The molecule has 0 aliphatic heterocycles. The first kappa shape index (κ1) is 14.2. The highest BCUT2D eigenvalue weighted by Crippen LogP contribution is 2.57. The predicted molar refractivity (Wildman–Crippen MR) is 69.6 cm³/mol. The summed E-state index contributed by atoms with van der Waals surface area (Å²) in [5.41, 5.74) is -1.40. The van der Waals surface area contributed by atoms with Crippen LogP contribution >= 0.6 is 0 Å². The standard InChI is InChI=1S/C14H23NO4/c1-5-18-11(16)14(8-10(14)9-6-7-9)15-12(17)19-13(2,3)4/h9-10H,5-8H2,1-4H3,(H,15,17)/t10-,14?/m0/s1. The second kappa shape index (κ2) is 4.69. The molecule has 2 fully saturated rings. The summed E-state index contributed by atoms with van der Waals surface area (Å²) in [4.78, 5) is 23.9. The molecule has 19 heavy (non-hydrogen) atoms. The van der Waals surface area contributed by atoms with Gasteiger partial charge in [0.05, 0.1) is 6.61 Å². The van der Waals surface area contributed by atoms with E-state index in [1.165, 1.54) is 0 Å². The number of carbonyl (C=O) groups excluding carboxylic acids is 2. The second-order valence-corrected chi connectivity index (χ2v) is 6.47. The summed E-state index contributed by atoms with van der Waals surface area (Å²) in [7, 11) is 0. The number of hydrogen-bond donors (Lipinski definition) is 1. The molecule has 0 radical (unpaired) electrons. The molecule has 5 nitrogen and oxygen atoms in total. The monoisotopic (exact) mass is 269 g/mol. The lowest BCUT2D eigenvalue weighted by atomic mass is 10.1. The van der Waals surface area contributed by atoms with Crippen molar-refractivity contribution in [2.45, 2.75) is 58.1 Å². The highest BCUT2D eigenvalue weighted by molar-refractivity contribution is 5.89. The molecule has 0 aromatic carbocycles. The fourth-order valence-electron chi connectivity index (χ4n) is 2.53. The number of esters is 1. The lowest BCUT2D eigenvalue weighted by Gasteiger charge is -2.23. The van der Waals surface area contributed by atoms with Gasteiger partial charge in [0.25, 0.3) is 0 Å². The topological polar surface area (TPSA) is 64.6 Å². The maximum atomic E-state index is 12.1. The van der Waals surface area contributed by atoms with Gasteiger partial charge < -0.3 is 14.8 Å². The van der Waals surface area contributed by atoms with Crippen molar-refractivity contribution in [2.75, 3.05) is 6.61 Å². The van der Waals surface area contributed by atoms with E-state index in [4.69, 9.17) is 9.47 Å². The average molecular weight is 269 g/mol. The maximum Gasteiger partial charge on any atom is 0.408 e. The number of nitrogens with one attached hydrogen (secondary N) is 1. The summed E-state index contributed by atoms with van der Waals surface area (Å²) in [5.74, 6) is 0.455. The molecular weight excluding hydrogens is 246 g/mol. The Morgan fingerprint density at radius 2 is 1.95 bits per heavy atom. The van der Waals surface area contributed by atoms with Gasteiger partial charge in [0.15, 0.2) is 0 Å². The zero-order valence-corrected chi connectivity index (χ0v) is 12.1. The van der Waals surface area contributed by atoms with Crippen molar-refractivity contribution in [2.24, 2.45) is 11.8 Å². The van der Waals surface area contributed by atoms with Crippen molar-refractivity contribution in [3.8, 4) is 0 Å². The van der Waals surface area contributed by atoms with Gasteiger partial charge in [-0.3, -0.25) is 0 Å². The van der Waals surface area contributed by atoms with Crippen LogP contribution in [-0.4, -0.2) is 29.8 Å². The van der Waals surface area contributed by atoms with E-state index in [-0.39, 0.29) is 11.9 Å². The van der Waals surface area contributed by atoms with Crippen molar-refractivity contribution in [3.05, 3.63) is 0 Å². The van der Waals surface area contributed by atoms with Crippen molar-refractivity contribution in [1.82, 2.24) is 5.32 Å². The Bertz CT molecular complexity index is 383. The SMILES string of the molecule is CCOC(=O)C1(NC(=O)OC(C)(C)C)C[C@H]1C1CC1. The summed E-state index contributed by atoms with van der Waals surface area (Å²) in [6.45, 7) is 7.50. The van der Waals surface area contributed by atoms with Crippen LogP contribution < -0.4 is 5.32 Å². The fraction of sp³-hybridized carbons (Fsp3) is 0.857. The fourth-order valence-corrected chi connectivity index (χ4v) is 2.53. The first-order valence-electron chi connectivity index (χ1n) is 6.97. The third-order valence-electron chi connectivity index (χ3n) is 3.57. The minimum absolute atomic E-state index is 0.221. The van der Waals surface area contributed by atoms with Crippen LogP contribution in [0.5, 0.6) is 0 Å². The van der Waals surface area contributed by atoms with E-state index in [0.29, 0.717) is 18.9 Å². The predicted octanol–water partition coefficient (Wildman–Crippen LogP) is 2.24. The Morgan fingerprint density at radius 3 is 2.42 bits per heavy atom. The third-order valence-corrected chi connectivity index (χ3v) is 3.57. The number of alkyl carbamates (subject to hydrolysis) is 1. The van der Waals surface area contributed by atoms with Gasteiger partial charge in [0, 0.05) is 0 Å². The first-order chi connectivity index (χ1) is 8.78. The molecule has 0 saturated heterocycles. The molecule has 0 aromatic rings. The summed E-state index contributed by atoms with van der Waals surface area (Å²) in [5, 5.41) is 2.74. The summed E-state index contributed by atoms with van der Waals surface area (Å²) < 4.78 is 10.3. The zero-order valence-electron chi connectivity index (χ0n) is 12.1. The van der Waals surface area contributed by atoms with Crippen LogP contribution in [0, 0.1) is 11.8 Å². The van der Waals surface area contributed by atoms with E-state index in [2.05, 4.69) is 5.32 Å². The van der Waals surface area contributed by atoms with Gasteiger partial charge in [-0.25, -0.2) is 9.59 Å². The van der Waals surface area contributed by atoms with Crippen LogP contribution in [0.15, 0.2) is 0 Å². The third kappa shape index (κ3) is 3.19. The molecule has 1 amide bonds. The zero-order chi connectivity index (χ0) is 14.3. The Morgan fingerprint density at radius 1 is 1.32 bits per heavy atom. The molecule has 2 saturated carbocycles. The van der Waals surface area contributed by atoms with E-state index in [1.807, 2.05) is 0 Å². The molecule has 2 atom stereocenters. The molecule has 0 spiro atoms. The number of ether oxygens (including phenoxy) is 2. The molecular formula is C14H23NO4. The largest absolute Gasteiger partial charge is 0.464 e. The van der Waals surface area contributed by atoms with Gasteiger partial charge in [-0.1, -0.05) is 0 Å². The number of amides is 1. The van der Waals surface area contributed by atoms with Gasteiger partial charge in [-0.05, 0) is 58.8 Å². The van der Waals surface area contributed by atoms with Crippen LogP contribution in [-0.2, 0) is 14.3 Å². The first-order valence-corrected chi connectivity index (χ1v) is 6.97. The van der Waals surface area contributed by atoms with Gasteiger partial charge in [0.1, 0.15) is 11.1 Å². The minimum atomic E-state index is -0.834. The van der Waals surface area contributed by atoms with Crippen LogP contribution in [0.25, 0.3) is 0 Å². The van der Waals surface area contributed by atoms with Crippen molar-refractivity contribution in [1.29, 1.82) is 0 Å². The Labute approximate surface area is 114 Å². The Kier molecular flexibility index (Phi) is 3.49. The molecule has 0 heterocycles. The van der Waals surface area contributed by atoms with Crippen LogP contribution in [0.4, 0.5) is 4.79 Å². The Hall–Kier alpha value is -1.26. The maximum absolute atomic E-state index is 12.1. The van der Waals surface area contributed by atoms with E-state index in [9.17, 15) is 9.59 Å². The van der Waals surface area contributed by atoms with Crippen molar-refractivity contribution >= 4 is 12.1 Å². The molecule has 0 aromatic heterocycles. The summed E-state index contributed by atoms with van der Waals surface area (Å²) in [6, 6.07) is 0. The van der Waals surface area contributed by atoms with Crippen LogP contribution in [0.1, 0.15) is 47.0 Å². The minimum Gasteiger partial charge on any atom is -0.464 e. The molecule has 2 aliphatic carbocycles. The molecule has 5 heteroatoms. The highest BCUT2D eigenvalue weighted by Gasteiger charge is 2.67. The van der Waals surface area contributed by atoms with E-state index >= 15 is 0 Å². The van der Waals surface area contributed by atoms with Gasteiger partial charge in [-0.2, -0.15) is 0 Å². The van der Waals surface area contributed by atoms with Crippen LogP contribution in [0.3, 0.4) is 0 Å². The lowest BCUT2D eigenvalue weighted by Crippen LogP contribution is -2.48. The summed E-state index contributed by atoms with van der Waals surface area (Å²) >= 11 is 0. The van der Waals surface area contributed by atoms with E-state index in [1.54, 1.807) is 27.7 Å². The molecule has 1 unspecified atom stereocenters. The van der Waals surface area contributed by atoms with Crippen molar-refractivity contribution < 1.29 is 19.1 Å². The molecule has 2 aliphatic rings.